The fraction of sp³-hybridized carbons (Fsp3) is 0.429. The SMILES string of the molecule is OC1CNC(c2nc(CCc3ccccc3)no2)C1. The molecule has 0 saturated carbocycles. The molecule has 5 heteroatoms. The van der Waals surface area contributed by atoms with Crippen LogP contribution in [0.15, 0.2) is 34.9 Å². The number of aromatic nitrogens is 2. The first kappa shape index (κ1) is 12.3. The van der Waals surface area contributed by atoms with Crippen LogP contribution in [0.25, 0.3) is 0 Å². The van der Waals surface area contributed by atoms with Gasteiger partial charge in [0.25, 0.3) is 0 Å². The van der Waals surface area contributed by atoms with E-state index in [-0.39, 0.29) is 12.1 Å². The van der Waals surface area contributed by atoms with Gasteiger partial charge in [-0.3, -0.25) is 0 Å². The van der Waals surface area contributed by atoms with E-state index in [4.69, 9.17) is 4.52 Å². The highest BCUT2D eigenvalue weighted by atomic mass is 16.5. The number of benzene rings is 1. The van der Waals surface area contributed by atoms with Crippen LogP contribution >= 0.6 is 0 Å². The first-order valence-corrected chi connectivity index (χ1v) is 6.59. The number of nitrogens with one attached hydrogen (secondary N) is 1. The third-order valence-electron chi connectivity index (χ3n) is 3.37. The molecule has 1 aromatic carbocycles. The Morgan fingerprint density at radius 2 is 2.11 bits per heavy atom. The summed E-state index contributed by atoms with van der Waals surface area (Å²) in [5.41, 5.74) is 1.27. The fourth-order valence-corrected chi connectivity index (χ4v) is 2.32. The molecule has 1 aliphatic heterocycles. The Labute approximate surface area is 111 Å². The quantitative estimate of drug-likeness (QED) is 0.864. The summed E-state index contributed by atoms with van der Waals surface area (Å²) in [6, 6.07) is 10.2. The van der Waals surface area contributed by atoms with E-state index in [1.54, 1.807) is 0 Å². The molecule has 1 aliphatic rings. The molecule has 0 spiro atoms. The number of β-amino-alcohol motifs (C(OH)–C–C–N with tert-alkyl or cyclic N) is 1. The molecule has 0 aliphatic carbocycles. The molecule has 1 aromatic heterocycles. The third-order valence-corrected chi connectivity index (χ3v) is 3.37. The van der Waals surface area contributed by atoms with E-state index in [0.29, 0.717) is 18.9 Å². The van der Waals surface area contributed by atoms with E-state index >= 15 is 0 Å². The Bertz CT molecular complexity index is 526. The number of rotatable bonds is 4. The minimum absolute atomic E-state index is 0.00650. The second kappa shape index (κ2) is 5.50. The fourth-order valence-electron chi connectivity index (χ4n) is 2.32. The summed E-state index contributed by atoms with van der Waals surface area (Å²) in [5.74, 6) is 1.31. The Morgan fingerprint density at radius 3 is 2.84 bits per heavy atom. The minimum Gasteiger partial charge on any atom is -0.392 e. The van der Waals surface area contributed by atoms with Crippen LogP contribution in [-0.4, -0.2) is 27.9 Å². The van der Waals surface area contributed by atoms with E-state index in [2.05, 4.69) is 27.6 Å². The lowest BCUT2D eigenvalue weighted by Gasteiger charge is -2.01. The summed E-state index contributed by atoms with van der Waals surface area (Å²) in [4.78, 5) is 4.39. The maximum atomic E-state index is 9.47. The molecule has 2 N–H and O–H groups in total. The van der Waals surface area contributed by atoms with Crippen molar-refractivity contribution in [3.63, 3.8) is 0 Å². The second-order valence-corrected chi connectivity index (χ2v) is 4.88. The van der Waals surface area contributed by atoms with Gasteiger partial charge >= 0.3 is 0 Å². The zero-order chi connectivity index (χ0) is 13.1. The molecule has 2 heterocycles. The molecule has 100 valence electrons. The smallest absolute Gasteiger partial charge is 0.243 e. The van der Waals surface area contributed by atoms with Crippen LogP contribution in [0.1, 0.15) is 29.7 Å². The summed E-state index contributed by atoms with van der Waals surface area (Å²) in [7, 11) is 0. The zero-order valence-electron chi connectivity index (χ0n) is 10.6. The molecule has 1 fully saturated rings. The summed E-state index contributed by atoms with van der Waals surface area (Å²) >= 11 is 0. The van der Waals surface area contributed by atoms with E-state index in [9.17, 15) is 5.11 Å². The number of hydrogen-bond acceptors (Lipinski definition) is 5. The summed E-state index contributed by atoms with van der Waals surface area (Å²) < 4.78 is 5.25. The predicted octanol–water partition coefficient (Wildman–Crippen LogP) is 1.25. The molecule has 3 rings (SSSR count). The van der Waals surface area contributed by atoms with Gasteiger partial charge in [-0.05, 0) is 18.4 Å². The van der Waals surface area contributed by atoms with Crippen LogP contribution in [0.4, 0.5) is 0 Å². The molecule has 2 atom stereocenters. The first-order chi connectivity index (χ1) is 9.31. The van der Waals surface area contributed by atoms with Gasteiger partial charge in [-0.1, -0.05) is 35.5 Å². The third kappa shape index (κ3) is 3.00. The molecule has 2 unspecified atom stereocenters. The van der Waals surface area contributed by atoms with Crippen molar-refractivity contribution in [2.45, 2.75) is 31.4 Å². The monoisotopic (exact) mass is 259 g/mol. The van der Waals surface area contributed by atoms with Gasteiger partial charge in [-0.25, -0.2) is 0 Å². The van der Waals surface area contributed by atoms with Gasteiger partial charge in [0.2, 0.25) is 5.89 Å². The largest absolute Gasteiger partial charge is 0.392 e. The Kier molecular flexibility index (Phi) is 3.57. The summed E-state index contributed by atoms with van der Waals surface area (Å²) in [5, 5.41) is 16.6. The van der Waals surface area contributed by atoms with Gasteiger partial charge in [0, 0.05) is 13.0 Å². The Hall–Kier alpha value is -1.72. The number of aliphatic hydroxyl groups is 1. The van der Waals surface area contributed by atoms with Crippen LogP contribution in [0.2, 0.25) is 0 Å². The standard InChI is InChI=1S/C14H17N3O2/c18-11-8-12(15-9-11)14-16-13(17-19-14)7-6-10-4-2-1-3-5-10/h1-5,11-12,15,18H,6-9H2. The molecule has 5 nitrogen and oxygen atoms in total. The normalized spacial score (nSPS) is 22.8. The molecular weight excluding hydrogens is 242 g/mol. The summed E-state index contributed by atoms with van der Waals surface area (Å²) in [6.45, 7) is 0.590. The molecule has 0 amide bonds. The lowest BCUT2D eigenvalue weighted by Crippen LogP contribution is -2.15. The van der Waals surface area contributed by atoms with Crippen LogP contribution in [-0.2, 0) is 12.8 Å². The molecule has 2 aromatic rings. The Balaban J connectivity index is 1.59. The van der Waals surface area contributed by atoms with Crippen molar-refractivity contribution in [2.24, 2.45) is 0 Å². The van der Waals surface area contributed by atoms with Crippen LogP contribution < -0.4 is 5.32 Å². The molecular formula is C14H17N3O2. The van der Waals surface area contributed by atoms with Gasteiger partial charge in [0.05, 0.1) is 12.1 Å². The zero-order valence-corrected chi connectivity index (χ0v) is 10.6. The van der Waals surface area contributed by atoms with Crippen molar-refractivity contribution in [1.29, 1.82) is 0 Å². The lowest BCUT2D eigenvalue weighted by molar-refractivity contribution is 0.191. The van der Waals surface area contributed by atoms with Gasteiger partial charge in [-0.2, -0.15) is 4.98 Å². The van der Waals surface area contributed by atoms with Gasteiger partial charge in [0.1, 0.15) is 0 Å². The number of hydrogen-bond donors (Lipinski definition) is 2. The number of aliphatic hydroxyl groups excluding tert-OH is 1. The Morgan fingerprint density at radius 1 is 1.26 bits per heavy atom. The highest BCUT2D eigenvalue weighted by molar-refractivity contribution is 5.15. The topological polar surface area (TPSA) is 71.2 Å². The highest BCUT2D eigenvalue weighted by Crippen LogP contribution is 2.21. The van der Waals surface area contributed by atoms with Gasteiger partial charge < -0.3 is 14.9 Å². The van der Waals surface area contributed by atoms with E-state index in [1.165, 1.54) is 5.56 Å². The van der Waals surface area contributed by atoms with Crippen LogP contribution in [0, 0.1) is 0 Å². The molecule has 19 heavy (non-hydrogen) atoms. The maximum Gasteiger partial charge on any atom is 0.243 e. The lowest BCUT2D eigenvalue weighted by atomic mass is 10.1. The van der Waals surface area contributed by atoms with E-state index in [0.717, 1.165) is 18.7 Å². The van der Waals surface area contributed by atoms with Crippen molar-refractivity contribution in [3.05, 3.63) is 47.6 Å². The molecule has 0 bridgehead atoms. The predicted molar refractivity (Wildman–Crippen MR) is 69.5 cm³/mol. The second-order valence-electron chi connectivity index (χ2n) is 4.88. The number of aryl methyl sites for hydroxylation is 2. The van der Waals surface area contributed by atoms with Crippen LogP contribution in [0.3, 0.4) is 0 Å². The van der Waals surface area contributed by atoms with Gasteiger partial charge in [-0.15, -0.1) is 0 Å². The minimum atomic E-state index is -0.315. The summed E-state index contributed by atoms with van der Waals surface area (Å²) in [6.07, 6.45) is 1.99. The van der Waals surface area contributed by atoms with Crippen molar-refractivity contribution in [3.8, 4) is 0 Å². The maximum absolute atomic E-state index is 9.47. The van der Waals surface area contributed by atoms with E-state index < -0.39 is 0 Å². The van der Waals surface area contributed by atoms with Crippen molar-refractivity contribution < 1.29 is 9.63 Å². The van der Waals surface area contributed by atoms with Crippen molar-refractivity contribution in [2.75, 3.05) is 6.54 Å². The first-order valence-electron chi connectivity index (χ1n) is 6.59. The number of nitrogens with zero attached hydrogens (tertiary/aromatic N) is 2. The average molecular weight is 259 g/mol. The average Bonchev–Trinajstić information content (AvgIpc) is 3.06. The molecule has 0 radical (unpaired) electrons. The van der Waals surface area contributed by atoms with Crippen molar-refractivity contribution in [1.82, 2.24) is 15.5 Å². The van der Waals surface area contributed by atoms with Crippen molar-refractivity contribution >= 4 is 0 Å². The van der Waals surface area contributed by atoms with Gasteiger partial charge in [0.15, 0.2) is 5.82 Å². The molecule has 1 saturated heterocycles. The highest BCUT2D eigenvalue weighted by Gasteiger charge is 2.27. The van der Waals surface area contributed by atoms with Crippen LogP contribution in [0.5, 0.6) is 0 Å². The van der Waals surface area contributed by atoms with E-state index in [1.807, 2.05) is 18.2 Å².